The summed E-state index contributed by atoms with van der Waals surface area (Å²) in [6.07, 6.45) is -1.83. The lowest BCUT2D eigenvalue weighted by Crippen LogP contribution is -2.72. The zero-order valence-corrected chi connectivity index (χ0v) is 33.6. The van der Waals surface area contributed by atoms with E-state index in [9.17, 15) is 35.7 Å². The summed E-state index contributed by atoms with van der Waals surface area (Å²) in [7, 11) is 0. The maximum Gasteiger partial charge on any atom is 0.187 e. The van der Waals surface area contributed by atoms with Crippen molar-refractivity contribution in [2.45, 2.75) is 186 Å². The molecule has 7 N–H and O–H groups in total. The van der Waals surface area contributed by atoms with Crippen molar-refractivity contribution in [3.63, 3.8) is 0 Å². The van der Waals surface area contributed by atoms with E-state index in [-0.39, 0.29) is 56.5 Å². The van der Waals surface area contributed by atoms with Crippen LogP contribution in [0, 0.1) is 50.2 Å². The highest BCUT2D eigenvalue weighted by molar-refractivity contribution is 5.36. The minimum atomic E-state index is -1.69. The molecule has 0 aromatic carbocycles. The lowest BCUT2D eigenvalue weighted by Gasteiger charge is -2.73. The van der Waals surface area contributed by atoms with Gasteiger partial charge in [0, 0.05) is 16.7 Å². The lowest BCUT2D eigenvalue weighted by molar-refractivity contribution is -0.366. The highest BCUT2D eigenvalue weighted by atomic mass is 16.7. The molecule has 7 fully saturated rings. The molecule has 3 saturated heterocycles. The van der Waals surface area contributed by atoms with Gasteiger partial charge in [-0.25, -0.2) is 0 Å². The van der Waals surface area contributed by atoms with Crippen molar-refractivity contribution >= 4 is 0 Å². The Morgan fingerprint density at radius 1 is 0.722 bits per heavy atom. The lowest BCUT2D eigenvalue weighted by atomic mass is 9.32. The first-order valence-corrected chi connectivity index (χ1v) is 20.8. The van der Waals surface area contributed by atoms with E-state index >= 15 is 0 Å². The molecule has 3 aliphatic heterocycles. The summed E-state index contributed by atoms with van der Waals surface area (Å²) >= 11 is 0. The van der Waals surface area contributed by atoms with Crippen molar-refractivity contribution in [3.05, 3.63) is 12.2 Å². The highest BCUT2D eigenvalue weighted by Gasteiger charge is 2.79. The van der Waals surface area contributed by atoms with Crippen LogP contribution in [-0.2, 0) is 23.7 Å². The number of rotatable bonds is 5. The Balaban J connectivity index is 1.03. The molecule has 3 heterocycles. The molecule has 20 atom stereocenters. The Labute approximate surface area is 320 Å². The van der Waals surface area contributed by atoms with Crippen molar-refractivity contribution in [2.24, 2.45) is 50.2 Å². The maximum atomic E-state index is 12.1. The fourth-order valence-electron chi connectivity index (χ4n) is 14.3. The Hall–Kier alpha value is -0.740. The van der Waals surface area contributed by atoms with E-state index in [1.165, 1.54) is 0 Å². The summed E-state index contributed by atoms with van der Waals surface area (Å²) in [4.78, 5) is 0. The van der Waals surface area contributed by atoms with Crippen molar-refractivity contribution < 1.29 is 59.4 Å². The van der Waals surface area contributed by atoms with Gasteiger partial charge in [0.05, 0.1) is 37.1 Å². The second-order valence-electron chi connectivity index (χ2n) is 21.1. The normalized spacial score (nSPS) is 58.8. The summed E-state index contributed by atoms with van der Waals surface area (Å²) in [6, 6.07) is 0. The summed E-state index contributed by atoms with van der Waals surface area (Å²) in [5.74, 6) is 0.835. The van der Waals surface area contributed by atoms with Gasteiger partial charge in [0.2, 0.25) is 0 Å². The molecule has 0 aromatic heterocycles. The Morgan fingerprint density at radius 2 is 1.43 bits per heavy atom. The molecule has 0 unspecified atom stereocenters. The third-order valence-electron chi connectivity index (χ3n) is 17.8. The average molecular weight is 765 g/mol. The fraction of sp³-hybridized carbons (Fsp3) is 0.952. The molecule has 5 aliphatic carbocycles. The van der Waals surface area contributed by atoms with Crippen LogP contribution >= 0.6 is 0 Å². The first-order chi connectivity index (χ1) is 25.1. The second-order valence-corrected chi connectivity index (χ2v) is 21.1. The SMILES string of the molecule is C[C@@H]1O[C@H](O[C@@H]2CC[C@@]3(C)[C@H](CC[C@]4(C)[C@@H]3C=C[C@]35OC[C@@]6(CCC(C)(C)C[C@@H]63)[C@H](O)C[C@@]54C)C2(C)C)[C@H](O)[C@@H](O[C@H]2O[C@@H](CO)[C@H](O)[C@@H](O)[C@@H]2O)[C@@H]1O. The van der Waals surface area contributed by atoms with E-state index in [2.05, 4.69) is 60.6 Å². The van der Waals surface area contributed by atoms with Gasteiger partial charge in [0.25, 0.3) is 0 Å². The van der Waals surface area contributed by atoms with Gasteiger partial charge in [-0.05, 0) is 91.8 Å². The number of aliphatic hydroxyl groups excluding tert-OH is 7. The standard InChI is InChI=1S/C42H68O12/c1-21-28(45)33(54-34-31(48)30(47)29(46)22(19-43)52-34)32(49)35(51-21)53-27-11-12-38(6)23(37(27,4)5)9-13-39(7)24(38)10-14-42-25-17-36(2,3)15-16-41(25,20-50-42)26(44)18-40(39,42)8/h10,14,21-35,43-49H,9,11-13,15-20H2,1-8H3/t21-,22-,23+,24+,25-,26+,27+,28+,29-,30+,31-,32+,33-,34+,35+,38-,39+,40+,41+,42-/m0/s1. The number of ether oxygens (including phenoxy) is 5. The largest absolute Gasteiger partial charge is 0.394 e. The van der Waals surface area contributed by atoms with E-state index in [0.717, 1.165) is 51.4 Å². The minimum Gasteiger partial charge on any atom is -0.394 e. The number of fused-ring (bicyclic) bond motifs is 4. The Bertz CT molecular complexity index is 1470. The molecule has 1 spiro atoms. The monoisotopic (exact) mass is 764 g/mol. The van der Waals surface area contributed by atoms with Crippen LogP contribution < -0.4 is 0 Å². The number of aliphatic hydroxyl groups is 7. The molecule has 0 radical (unpaired) electrons. The molecule has 0 aromatic rings. The van der Waals surface area contributed by atoms with Gasteiger partial charge >= 0.3 is 0 Å². The van der Waals surface area contributed by atoms with Crippen molar-refractivity contribution in [1.29, 1.82) is 0 Å². The van der Waals surface area contributed by atoms with E-state index in [0.29, 0.717) is 12.5 Å². The van der Waals surface area contributed by atoms with Gasteiger partial charge in [-0.1, -0.05) is 60.6 Å². The first kappa shape index (κ1) is 40.1. The highest BCUT2D eigenvalue weighted by Crippen LogP contribution is 2.79. The number of hydrogen-bond donors (Lipinski definition) is 7. The summed E-state index contributed by atoms with van der Waals surface area (Å²) < 4.78 is 31.4. The van der Waals surface area contributed by atoms with Crippen LogP contribution in [0.15, 0.2) is 12.2 Å². The molecular formula is C42H68O12. The molecule has 308 valence electrons. The van der Waals surface area contributed by atoms with Crippen LogP contribution in [0.1, 0.15) is 107 Å². The molecule has 8 aliphatic rings. The summed E-state index contributed by atoms with van der Waals surface area (Å²) in [6.45, 7) is 18.3. The number of allylic oxidation sites excluding steroid dienone is 1. The van der Waals surface area contributed by atoms with Crippen LogP contribution in [0.4, 0.5) is 0 Å². The summed E-state index contributed by atoms with van der Waals surface area (Å²) in [5, 5.41) is 75.6. The van der Waals surface area contributed by atoms with Crippen LogP contribution in [0.5, 0.6) is 0 Å². The van der Waals surface area contributed by atoms with Gasteiger partial charge in [0.15, 0.2) is 12.6 Å². The molecule has 0 amide bonds. The zero-order chi connectivity index (χ0) is 39.2. The van der Waals surface area contributed by atoms with Crippen LogP contribution in [0.3, 0.4) is 0 Å². The second kappa shape index (κ2) is 12.9. The molecule has 2 bridgehead atoms. The molecule has 54 heavy (non-hydrogen) atoms. The van der Waals surface area contributed by atoms with Crippen LogP contribution in [0.2, 0.25) is 0 Å². The van der Waals surface area contributed by atoms with E-state index in [4.69, 9.17) is 23.7 Å². The fourth-order valence-corrected chi connectivity index (χ4v) is 14.3. The molecular weight excluding hydrogens is 696 g/mol. The van der Waals surface area contributed by atoms with Crippen LogP contribution in [-0.4, -0.2) is 128 Å². The third-order valence-corrected chi connectivity index (χ3v) is 17.8. The quantitative estimate of drug-likeness (QED) is 0.161. The Morgan fingerprint density at radius 3 is 2.13 bits per heavy atom. The topological polar surface area (TPSA) is 188 Å². The third kappa shape index (κ3) is 5.24. The average Bonchev–Trinajstić information content (AvgIpc) is 3.38. The van der Waals surface area contributed by atoms with E-state index in [1.54, 1.807) is 6.92 Å². The predicted octanol–water partition coefficient (Wildman–Crippen LogP) is 2.80. The molecule has 12 nitrogen and oxygen atoms in total. The zero-order valence-electron chi connectivity index (χ0n) is 33.6. The maximum absolute atomic E-state index is 12.1. The van der Waals surface area contributed by atoms with Gasteiger partial charge in [0.1, 0.15) is 42.7 Å². The van der Waals surface area contributed by atoms with E-state index < -0.39 is 73.6 Å². The predicted molar refractivity (Wildman–Crippen MR) is 195 cm³/mol. The molecule has 12 heteroatoms. The van der Waals surface area contributed by atoms with Gasteiger partial charge in [-0.2, -0.15) is 0 Å². The van der Waals surface area contributed by atoms with Crippen molar-refractivity contribution in [3.8, 4) is 0 Å². The summed E-state index contributed by atoms with van der Waals surface area (Å²) in [5.41, 5.74) is -1.08. The Kier molecular flexibility index (Phi) is 9.55. The van der Waals surface area contributed by atoms with Gasteiger partial charge < -0.3 is 59.4 Å². The van der Waals surface area contributed by atoms with Crippen LogP contribution in [0.25, 0.3) is 0 Å². The first-order valence-electron chi connectivity index (χ1n) is 20.8. The molecule has 4 saturated carbocycles. The minimum absolute atomic E-state index is 0.0638. The van der Waals surface area contributed by atoms with Gasteiger partial charge in [-0.3, -0.25) is 0 Å². The van der Waals surface area contributed by atoms with Crippen molar-refractivity contribution in [1.82, 2.24) is 0 Å². The molecule has 8 rings (SSSR count). The number of hydrogen-bond acceptors (Lipinski definition) is 12. The van der Waals surface area contributed by atoms with Gasteiger partial charge in [-0.15, -0.1) is 0 Å². The van der Waals surface area contributed by atoms with Crippen molar-refractivity contribution in [2.75, 3.05) is 13.2 Å². The van der Waals surface area contributed by atoms with E-state index in [1.807, 2.05) is 0 Å². The smallest absolute Gasteiger partial charge is 0.187 e.